The second kappa shape index (κ2) is 5.89. The van der Waals surface area contributed by atoms with Gasteiger partial charge in [-0.25, -0.2) is 4.39 Å². The normalized spacial score (nSPS) is 20.9. The maximum atomic E-state index is 13.3. The van der Waals surface area contributed by atoms with Crippen molar-refractivity contribution in [2.24, 2.45) is 0 Å². The van der Waals surface area contributed by atoms with Gasteiger partial charge in [-0.05, 0) is 23.2 Å². The van der Waals surface area contributed by atoms with E-state index in [1.807, 2.05) is 0 Å². The molecule has 2 unspecified atom stereocenters. The number of hydrogen-bond donors (Lipinski definition) is 0. The van der Waals surface area contributed by atoms with Crippen LogP contribution in [0.15, 0.2) is 0 Å². The van der Waals surface area contributed by atoms with E-state index < -0.39 is 31.6 Å². The smallest absolute Gasteiger partial charge is 0.261 e. The van der Waals surface area contributed by atoms with Crippen molar-refractivity contribution in [1.82, 2.24) is 0 Å². The van der Waals surface area contributed by atoms with Crippen molar-refractivity contribution in [3.05, 3.63) is 0 Å². The summed E-state index contributed by atoms with van der Waals surface area (Å²) in [6.07, 6.45) is -6.39. The highest BCUT2D eigenvalue weighted by Gasteiger charge is 2.81. The van der Waals surface area contributed by atoms with Crippen molar-refractivity contribution in [1.29, 1.82) is 0 Å². The van der Waals surface area contributed by atoms with Crippen LogP contribution in [0.3, 0.4) is 0 Å². The van der Waals surface area contributed by atoms with E-state index >= 15 is 0 Å². The van der Waals surface area contributed by atoms with Crippen LogP contribution in [0.5, 0.6) is 0 Å². The van der Waals surface area contributed by atoms with Crippen molar-refractivity contribution in [3.63, 3.8) is 0 Å². The first-order chi connectivity index (χ1) is 8.71. The lowest BCUT2D eigenvalue weighted by atomic mass is 10.2. The minimum Gasteiger partial charge on any atom is -0.261 e. The highest BCUT2D eigenvalue weighted by Crippen LogP contribution is 2.58. The summed E-state index contributed by atoms with van der Waals surface area (Å²) in [5.74, 6) is -6.59. The van der Waals surface area contributed by atoms with E-state index in [2.05, 4.69) is 39.5 Å². The van der Waals surface area contributed by atoms with Crippen molar-refractivity contribution < 1.29 is 39.9 Å². The fourth-order valence-corrected chi connectivity index (χ4v) is 1.09. The summed E-state index contributed by atoms with van der Waals surface area (Å²) < 4.78 is 102. The maximum Gasteiger partial charge on any atom is 0.428 e. The molecule has 0 spiro atoms. The van der Waals surface area contributed by atoms with Crippen LogP contribution >= 0.6 is 69.6 Å². The van der Waals surface area contributed by atoms with Crippen molar-refractivity contribution in [2.75, 3.05) is 0 Å². The molecule has 0 heterocycles. The van der Waals surface area contributed by atoms with E-state index in [4.69, 9.17) is 34.8 Å². The van der Waals surface area contributed by atoms with Gasteiger partial charge in [0.25, 0.3) is 3.79 Å². The van der Waals surface area contributed by atoms with Gasteiger partial charge in [-0.3, -0.25) is 4.74 Å². The van der Waals surface area contributed by atoms with E-state index in [-0.39, 0.29) is 0 Å². The average Bonchev–Trinajstić information content (AvgIpc) is 2.11. The Morgan fingerprint density at radius 3 is 1.19 bits per heavy atom. The van der Waals surface area contributed by atoms with E-state index in [0.717, 1.165) is 0 Å². The lowest BCUT2D eigenvalue weighted by molar-refractivity contribution is -0.409. The summed E-state index contributed by atoms with van der Waals surface area (Å²) in [4.78, 5) is 0. The Kier molecular flexibility index (Phi) is 6.21. The number of halogens is 14. The Morgan fingerprint density at radius 1 is 0.619 bits per heavy atom. The summed E-state index contributed by atoms with van der Waals surface area (Å²) in [5, 5.41) is -16.3. The Bertz CT molecular complexity index is 388. The molecule has 0 saturated heterocycles. The topological polar surface area (TPSA) is 9.23 Å². The lowest BCUT2D eigenvalue weighted by Crippen LogP contribution is -2.62. The largest absolute Gasteiger partial charge is 0.428 e. The van der Waals surface area contributed by atoms with Crippen molar-refractivity contribution in [2.45, 2.75) is 31.6 Å². The zero-order valence-electron chi connectivity index (χ0n) is 8.70. The summed E-state index contributed by atoms with van der Waals surface area (Å²) >= 11 is 26.5. The molecule has 0 bridgehead atoms. The van der Waals surface area contributed by atoms with E-state index in [1.54, 1.807) is 0 Å². The third-order valence-corrected chi connectivity index (χ3v) is 3.91. The minimum atomic E-state index is -6.59. The van der Waals surface area contributed by atoms with Gasteiger partial charge in [-0.1, -0.05) is 46.4 Å². The lowest BCUT2D eigenvalue weighted by Gasteiger charge is -2.37. The van der Waals surface area contributed by atoms with Gasteiger partial charge < -0.3 is 0 Å². The Morgan fingerprint density at radius 2 is 0.952 bits per heavy atom. The molecule has 0 amide bonds. The molecule has 0 aliphatic rings. The van der Waals surface area contributed by atoms with Crippen LogP contribution in [0, 0.1) is 0 Å². The molecule has 21 heavy (non-hydrogen) atoms. The summed E-state index contributed by atoms with van der Waals surface area (Å²) in [7, 11) is 0. The molecule has 0 aromatic heterocycles. The fraction of sp³-hybridized carbons (Fsp3) is 1.00. The molecule has 0 rings (SSSR count). The van der Waals surface area contributed by atoms with Gasteiger partial charge in [0.15, 0.2) is 0 Å². The van der Waals surface area contributed by atoms with Crippen molar-refractivity contribution >= 4 is 69.6 Å². The number of alkyl halides is 14. The molecule has 0 aliphatic heterocycles. The van der Waals surface area contributed by atoms with Gasteiger partial charge in [-0.15, -0.1) is 0 Å². The van der Waals surface area contributed by atoms with E-state index in [0.29, 0.717) is 0 Å². The van der Waals surface area contributed by atoms with Gasteiger partial charge in [0, 0.05) is 0 Å². The van der Waals surface area contributed by atoms with Crippen LogP contribution < -0.4 is 0 Å². The van der Waals surface area contributed by atoms with Crippen LogP contribution in [0.2, 0.25) is 0 Å². The van der Waals surface area contributed by atoms with Crippen LogP contribution in [-0.2, 0) is 4.74 Å². The van der Waals surface area contributed by atoms with E-state index in [1.165, 1.54) is 0 Å². The quantitative estimate of drug-likeness (QED) is 0.356. The van der Waals surface area contributed by atoms with Gasteiger partial charge in [0.2, 0.25) is 0 Å². The summed E-state index contributed by atoms with van der Waals surface area (Å²) in [6.45, 7) is 0. The first kappa shape index (κ1) is 22.1. The molecule has 15 heteroatoms. The van der Waals surface area contributed by atoms with Crippen LogP contribution in [0.4, 0.5) is 35.1 Å². The fourth-order valence-electron chi connectivity index (χ4n) is 0.644. The molecule has 0 aromatic rings. The van der Waals surface area contributed by atoms with Crippen molar-refractivity contribution in [3.8, 4) is 0 Å². The summed E-state index contributed by atoms with van der Waals surface area (Å²) in [5.41, 5.74) is 0. The molecular formula is C6Cl6F8O. The van der Waals surface area contributed by atoms with Crippen LogP contribution in [0.1, 0.15) is 0 Å². The molecule has 0 fully saturated rings. The predicted octanol–water partition coefficient (Wildman–Crippen LogP) is 6.20. The van der Waals surface area contributed by atoms with E-state index in [9.17, 15) is 35.1 Å². The third kappa shape index (κ3) is 4.16. The van der Waals surface area contributed by atoms with Gasteiger partial charge in [0.1, 0.15) is 0 Å². The molecule has 0 aromatic carbocycles. The molecule has 128 valence electrons. The molecule has 2 atom stereocenters. The van der Waals surface area contributed by atoms with Gasteiger partial charge in [0.05, 0.1) is 0 Å². The predicted molar refractivity (Wildman–Crippen MR) is 61.5 cm³/mol. The van der Waals surface area contributed by atoms with Crippen LogP contribution in [0.25, 0.3) is 0 Å². The highest BCUT2D eigenvalue weighted by atomic mass is 35.6. The molecule has 1 nitrogen and oxygen atoms in total. The molecule has 0 saturated carbocycles. The molecule has 0 radical (unpaired) electrons. The molecule has 0 aliphatic carbocycles. The maximum absolute atomic E-state index is 13.3. The first-order valence-electron chi connectivity index (χ1n) is 4.05. The van der Waals surface area contributed by atoms with Gasteiger partial charge in [-0.2, -0.15) is 30.7 Å². The zero-order chi connectivity index (χ0) is 17.7. The Labute approximate surface area is 141 Å². The second-order valence-corrected chi connectivity index (χ2v) is 7.04. The summed E-state index contributed by atoms with van der Waals surface area (Å²) in [6, 6.07) is 0. The highest BCUT2D eigenvalue weighted by molar-refractivity contribution is 6.70. The zero-order valence-corrected chi connectivity index (χ0v) is 13.2. The molecule has 0 N–H and O–H groups in total. The standard InChI is InChI=1S/C6Cl6F8O/c7-1(13,4(11,16)17)2(14,15)6(19,20)21-5(12,18)3(8,9)10. The number of ether oxygens (including phenoxy) is 1. The van der Waals surface area contributed by atoms with Crippen LogP contribution in [-0.4, -0.2) is 31.6 Å². The number of rotatable bonds is 5. The SMILES string of the molecule is FC(F)(Cl)C(F)(Cl)C(F)(F)C(F)(F)OC(F)(Cl)C(Cl)(Cl)Cl. The third-order valence-electron chi connectivity index (χ3n) is 1.70. The Hall–Kier alpha value is 1.14. The number of hydrogen-bond acceptors (Lipinski definition) is 1. The minimum absolute atomic E-state index is 2.64. The van der Waals surface area contributed by atoms with Gasteiger partial charge >= 0.3 is 27.9 Å². The second-order valence-electron chi connectivity index (χ2n) is 3.28. The molecular weight excluding hydrogens is 453 g/mol. The first-order valence-corrected chi connectivity index (χ1v) is 6.32. The average molecular weight is 453 g/mol. The monoisotopic (exact) mass is 450 g/mol. The Balaban J connectivity index is 5.71.